The molecule has 1 aliphatic carbocycles. The fraction of sp³-hybridized carbons (Fsp3) is 0.350. The van der Waals surface area contributed by atoms with Crippen molar-refractivity contribution in [3.05, 3.63) is 48.3 Å². The average Bonchev–Trinajstić information content (AvgIpc) is 2.62. The third-order valence-electron chi connectivity index (χ3n) is 4.42. The van der Waals surface area contributed by atoms with Crippen LogP contribution in [0.15, 0.2) is 42.7 Å². The Morgan fingerprint density at radius 2 is 1.69 bits per heavy atom. The molecule has 0 unspecified atom stereocenters. The van der Waals surface area contributed by atoms with Gasteiger partial charge in [-0.1, -0.05) is 25.3 Å². The molecule has 1 fully saturated rings. The number of anilines is 3. The van der Waals surface area contributed by atoms with Crippen molar-refractivity contribution >= 4 is 28.9 Å². The van der Waals surface area contributed by atoms with E-state index in [4.69, 9.17) is 0 Å². The lowest BCUT2D eigenvalue weighted by molar-refractivity contribution is -0.114. The van der Waals surface area contributed by atoms with Gasteiger partial charge < -0.3 is 16.0 Å². The molecule has 0 aliphatic heterocycles. The molecule has 2 aromatic rings. The normalized spacial score (nSPS) is 14.5. The second-order valence-electron chi connectivity index (χ2n) is 6.66. The molecule has 1 aromatic carbocycles. The van der Waals surface area contributed by atoms with Crippen molar-refractivity contribution in [3.63, 3.8) is 0 Å². The van der Waals surface area contributed by atoms with Crippen molar-refractivity contribution in [1.82, 2.24) is 4.98 Å². The Labute approximate surface area is 153 Å². The molecule has 0 bridgehead atoms. The van der Waals surface area contributed by atoms with E-state index in [2.05, 4.69) is 20.9 Å². The minimum Gasteiger partial charge on any atom is -0.381 e. The summed E-state index contributed by atoms with van der Waals surface area (Å²) in [4.78, 5) is 27.9. The maximum atomic E-state index is 12.5. The number of amides is 2. The molecule has 26 heavy (non-hydrogen) atoms. The number of carbonyl (C=O) groups is 2. The van der Waals surface area contributed by atoms with Crippen molar-refractivity contribution in [2.75, 3.05) is 16.0 Å². The molecule has 6 nitrogen and oxygen atoms in total. The first kappa shape index (κ1) is 17.9. The Morgan fingerprint density at radius 1 is 0.962 bits per heavy atom. The van der Waals surface area contributed by atoms with E-state index in [1.165, 1.54) is 26.2 Å². The van der Waals surface area contributed by atoms with Gasteiger partial charge in [0.15, 0.2) is 0 Å². The second-order valence-corrected chi connectivity index (χ2v) is 6.66. The molecule has 1 aliphatic rings. The maximum absolute atomic E-state index is 12.5. The molecule has 0 atom stereocenters. The van der Waals surface area contributed by atoms with E-state index < -0.39 is 0 Å². The molecule has 3 N–H and O–H groups in total. The lowest BCUT2D eigenvalue weighted by Crippen LogP contribution is -2.22. The van der Waals surface area contributed by atoms with Gasteiger partial charge in [-0.25, -0.2) is 0 Å². The SMILES string of the molecule is CC(=O)Nc1cccc(NC(=O)c2cncc(NC3CCCCC3)c2)c1. The van der Waals surface area contributed by atoms with Gasteiger partial charge in [0.05, 0.1) is 11.3 Å². The molecular weight excluding hydrogens is 328 g/mol. The van der Waals surface area contributed by atoms with E-state index in [9.17, 15) is 9.59 Å². The number of hydrogen-bond donors (Lipinski definition) is 3. The van der Waals surface area contributed by atoms with Crippen LogP contribution in [0, 0.1) is 0 Å². The van der Waals surface area contributed by atoms with E-state index >= 15 is 0 Å². The number of aromatic nitrogens is 1. The molecule has 136 valence electrons. The average molecular weight is 352 g/mol. The summed E-state index contributed by atoms with van der Waals surface area (Å²) in [6.45, 7) is 1.45. The first-order chi connectivity index (χ1) is 12.6. The van der Waals surface area contributed by atoms with Crippen molar-refractivity contribution < 1.29 is 9.59 Å². The molecule has 3 rings (SSSR count). The number of nitrogens with zero attached hydrogens (tertiary/aromatic N) is 1. The molecular formula is C20H24N4O2. The molecule has 0 saturated heterocycles. The third-order valence-corrected chi connectivity index (χ3v) is 4.42. The molecule has 6 heteroatoms. The standard InChI is InChI=1S/C20H24N4O2/c1-14(25)22-17-8-5-9-18(11-17)24-20(26)15-10-19(13-21-12-15)23-16-6-3-2-4-7-16/h5,8-13,16,23H,2-4,6-7H2,1H3,(H,22,25)(H,24,26). The molecule has 0 radical (unpaired) electrons. The summed E-state index contributed by atoms with van der Waals surface area (Å²) in [5.41, 5.74) is 2.63. The van der Waals surface area contributed by atoms with Crippen molar-refractivity contribution in [2.24, 2.45) is 0 Å². The minimum atomic E-state index is -0.232. The van der Waals surface area contributed by atoms with Gasteiger partial charge in [0.2, 0.25) is 5.91 Å². The third kappa shape index (κ3) is 5.05. The number of pyridine rings is 1. The summed E-state index contributed by atoms with van der Waals surface area (Å²) in [5, 5.41) is 9.03. The van der Waals surface area contributed by atoms with Crippen LogP contribution in [-0.2, 0) is 4.79 Å². The quantitative estimate of drug-likeness (QED) is 0.758. The summed E-state index contributed by atoms with van der Waals surface area (Å²) < 4.78 is 0. The lowest BCUT2D eigenvalue weighted by atomic mass is 9.95. The summed E-state index contributed by atoms with van der Waals surface area (Å²) in [7, 11) is 0. The van der Waals surface area contributed by atoms with Gasteiger partial charge >= 0.3 is 0 Å². The number of hydrogen-bond acceptors (Lipinski definition) is 4. The maximum Gasteiger partial charge on any atom is 0.257 e. The van der Waals surface area contributed by atoms with Crippen molar-refractivity contribution in [3.8, 4) is 0 Å². The number of carbonyl (C=O) groups excluding carboxylic acids is 2. The summed E-state index contributed by atoms with van der Waals surface area (Å²) >= 11 is 0. The van der Waals surface area contributed by atoms with Gasteiger partial charge in [-0.05, 0) is 37.1 Å². The van der Waals surface area contributed by atoms with Gasteiger partial charge in [0.25, 0.3) is 5.91 Å². The predicted octanol–water partition coefficient (Wildman–Crippen LogP) is 4.04. The van der Waals surface area contributed by atoms with E-state index in [1.54, 1.807) is 36.7 Å². The zero-order valence-corrected chi connectivity index (χ0v) is 14.9. The molecule has 2 amide bonds. The number of benzene rings is 1. The van der Waals surface area contributed by atoms with Crippen molar-refractivity contribution in [2.45, 2.75) is 45.1 Å². The minimum absolute atomic E-state index is 0.154. The number of rotatable bonds is 5. The molecule has 0 spiro atoms. The summed E-state index contributed by atoms with van der Waals surface area (Å²) in [6.07, 6.45) is 9.42. The zero-order valence-electron chi connectivity index (χ0n) is 14.9. The number of nitrogens with one attached hydrogen (secondary N) is 3. The van der Waals surface area contributed by atoms with Gasteiger partial charge in [0.1, 0.15) is 0 Å². The topological polar surface area (TPSA) is 83.1 Å². The Balaban J connectivity index is 1.66. The van der Waals surface area contributed by atoms with Crippen LogP contribution >= 0.6 is 0 Å². The van der Waals surface area contributed by atoms with E-state index in [0.29, 0.717) is 23.0 Å². The van der Waals surface area contributed by atoms with E-state index in [1.807, 2.05) is 6.07 Å². The lowest BCUT2D eigenvalue weighted by Gasteiger charge is -2.23. The Hall–Kier alpha value is -2.89. The fourth-order valence-corrected chi connectivity index (χ4v) is 3.21. The van der Waals surface area contributed by atoms with Crippen LogP contribution in [-0.4, -0.2) is 22.8 Å². The highest BCUT2D eigenvalue weighted by molar-refractivity contribution is 6.05. The Kier molecular flexibility index (Phi) is 5.84. The van der Waals surface area contributed by atoms with Gasteiger partial charge in [-0.2, -0.15) is 0 Å². The Bertz CT molecular complexity index is 785. The van der Waals surface area contributed by atoms with Crippen LogP contribution in [0.25, 0.3) is 0 Å². The van der Waals surface area contributed by atoms with E-state index in [0.717, 1.165) is 18.5 Å². The highest BCUT2D eigenvalue weighted by atomic mass is 16.2. The van der Waals surface area contributed by atoms with Crippen molar-refractivity contribution in [1.29, 1.82) is 0 Å². The fourth-order valence-electron chi connectivity index (χ4n) is 3.21. The highest BCUT2D eigenvalue weighted by Crippen LogP contribution is 2.22. The van der Waals surface area contributed by atoms with Gasteiger partial charge in [-0.15, -0.1) is 0 Å². The van der Waals surface area contributed by atoms with Crippen LogP contribution in [0.5, 0.6) is 0 Å². The molecule has 1 saturated carbocycles. The molecule has 1 aromatic heterocycles. The summed E-state index contributed by atoms with van der Waals surface area (Å²) in [6, 6.07) is 9.33. The van der Waals surface area contributed by atoms with Gasteiger partial charge in [0, 0.05) is 36.7 Å². The summed E-state index contributed by atoms with van der Waals surface area (Å²) in [5.74, 6) is -0.385. The smallest absolute Gasteiger partial charge is 0.257 e. The van der Waals surface area contributed by atoms with Crippen LogP contribution in [0.4, 0.5) is 17.1 Å². The van der Waals surface area contributed by atoms with Crippen LogP contribution < -0.4 is 16.0 Å². The predicted molar refractivity (Wildman–Crippen MR) is 103 cm³/mol. The Morgan fingerprint density at radius 3 is 2.42 bits per heavy atom. The zero-order chi connectivity index (χ0) is 18.4. The monoisotopic (exact) mass is 352 g/mol. The van der Waals surface area contributed by atoms with E-state index in [-0.39, 0.29) is 11.8 Å². The largest absolute Gasteiger partial charge is 0.381 e. The molecule has 1 heterocycles. The second kappa shape index (κ2) is 8.47. The van der Waals surface area contributed by atoms with Crippen LogP contribution in [0.2, 0.25) is 0 Å². The van der Waals surface area contributed by atoms with Crippen LogP contribution in [0.1, 0.15) is 49.4 Å². The first-order valence-corrected chi connectivity index (χ1v) is 9.01. The van der Waals surface area contributed by atoms with Gasteiger partial charge in [-0.3, -0.25) is 14.6 Å². The van der Waals surface area contributed by atoms with Crippen LogP contribution in [0.3, 0.4) is 0 Å². The first-order valence-electron chi connectivity index (χ1n) is 9.01. The highest BCUT2D eigenvalue weighted by Gasteiger charge is 2.14.